The van der Waals surface area contributed by atoms with E-state index in [0.29, 0.717) is 5.69 Å². The van der Waals surface area contributed by atoms with Crippen molar-refractivity contribution in [2.75, 3.05) is 12.8 Å². The van der Waals surface area contributed by atoms with Gasteiger partial charge in [0.05, 0.1) is 5.69 Å². The Bertz CT molecular complexity index is 788. The van der Waals surface area contributed by atoms with E-state index in [2.05, 4.69) is 51.7 Å². The first-order valence-electron chi connectivity index (χ1n) is 8.64. The van der Waals surface area contributed by atoms with Gasteiger partial charge in [-0.05, 0) is 35.9 Å². The van der Waals surface area contributed by atoms with Crippen LogP contribution in [0.25, 0.3) is 5.70 Å². The van der Waals surface area contributed by atoms with Gasteiger partial charge in [0.25, 0.3) is 0 Å². The van der Waals surface area contributed by atoms with Crippen molar-refractivity contribution >= 4 is 17.6 Å². The van der Waals surface area contributed by atoms with Crippen molar-refractivity contribution in [3.8, 4) is 0 Å². The summed E-state index contributed by atoms with van der Waals surface area (Å²) in [6.45, 7) is 4.00. The number of rotatable bonds is 4. The molecule has 1 aromatic carbocycles. The molecule has 1 aliphatic heterocycles. The Balaban J connectivity index is 0.00000109. The van der Waals surface area contributed by atoms with E-state index in [4.69, 9.17) is 5.73 Å². The number of dihydropyridines is 1. The normalized spacial score (nSPS) is 13.0. The number of aliphatic imine (C=N–C) groups is 1. The highest BCUT2D eigenvalue weighted by molar-refractivity contribution is 5.88. The third-order valence-electron chi connectivity index (χ3n) is 3.79. The summed E-state index contributed by atoms with van der Waals surface area (Å²) in [5.41, 5.74) is 12.1. The second-order valence-electron chi connectivity index (χ2n) is 5.43. The van der Waals surface area contributed by atoms with E-state index in [0.717, 1.165) is 29.8 Å². The number of nitrogen functional groups attached to an aromatic ring is 1. The molecule has 130 valence electrons. The third kappa shape index (κ3) is 4.80. The molecule has 2 heterocycles. The Kier molecular flexibility index (Phi) is 6.96. The molecule has 0 fully saturated rings. The van der Waals surface area contributed by atoms with E-state index in [9.17, 15) is 0 Å². The standard InChI is InChI=1S/C19H20N4.C2H6/c1-21-13-16-17(20)8-10-23-19(16)12-14-5-4-6-15(11-14)18-7-2-3-9-22-18;1-2/h3-11,13,22H,2,12H2,1H3,(H2,20,23);1-2H3. The van der Waals surface area contributed by atoms with Gasteiger partial charge in [-0.25, -0.2) is 0 Å². The van der Waals surface area contributed by atoms with Crippen LogP contribution >= 0.6 is 0 Å². The Morgan fingerprint density at radius 2 is 2.12 bits per heavy atom. The summed E-state index contributed by atoms with van der Waals surface area (Å²) in [4.78, 5) is 8.57. The number of benzene rings is 1. The van der Waals surface area contributed by atoms with Crippen molar-refractivity contribution in [3.63, 3.8) is 0 Å². The number of hydrogen-bond donors (Lipinski definition) is 2. The highest BCUT2D eigenvalue weighted by atomic mass is 14.9. The first kappa shape index (κ1) is 18.5. The lowest BCUT2D eigenvalue weighted by Gasteiger charge is -2.13. The molecule has 1 aromatic heterocycles. The number of anilines is 1. The van der Waals surface area contributed by atoms with Crippen molar-refractivity contribution in [1.82, 2.24) is 10.3 Å². The van der Waals surface area contributed by atoms with Crippen LogP contribution in [0.15, 0.2) is 59.9 Å². The van der Waals surface area contributed by atoms with Crippen LogP contribution in [-0.4, -0.2) is 18.2 Å². The molecule has 4 nitrogen and oxygen atoms in total. The zero-order chi connectivity index (χ0) is 18.1. The van der Waals surface area contributed by atoms with E-state index in [1.165, 1.54) is 11.1 Å². The minimum absolute atomic E-state index is 0.707. The Morgan fingerprint density at radius 1 is 1.28 bits per heavy atom. The zero-order valence-corrected chi connectivity index (χ0v) is 15.2. The molecular formula is C21H26N4. The lowest BCUT2D eigenvalue weighted by Crippen LogP contribution is -2.07. The Hall–Kier alpha value is -2.88. The minimum Gasteiger partial charge on any atom is -0.398 e. The van der Waals surface area contributed by atoms with Crippen molar-refractivity contribution in [2.24, 2.45) is 4.99 Å². The molecule has 0 radical (unpaired) electrons. The van der Waals surface area contributed by atoms with Gasteiger partial charge in [-0.3, -0.25) is 9.98 Å². The van der Waals surface area contributed by atoms with Crippen LogP contribution in [0.2, 0.25) is 0 Å². The van der Waals surface area contributed by atoms with Crippen molar-refractivity contribution in [1.29, 1.82) is 0 Å². The molecule has 2 aromatic rings. The second kappa shape index (κ2) is 9.42. The first-order chi connectivity index (χ1) is 12.3. The highest BCUT2D eigenvalue weighted by Crippen LogP contribution is 2.20. The van der Waals surface area contributed by atoms with Crippen LogP contribution in [-0.2, 0) is 6.42 Å². The molecule has 0 spiro atoms. The minimum atomic E-state index is 0.707. The van der Waals surface area contributed by atoms with Gasteiger partial charge < -0.3 is 11.1 Å². The molecule has 3 rings (SSSR count). The van der Waals surface area contributed by atoms with E-state index in [-0.39, 0.29) is 0 Å². The fourth-order valence-corrected chi connectivity index (χ4v) is 2.66. The monoisotopic (exact) mass is 334 g/mol. The number of nitrogens with two attached hydrogens (primary N) is 1. The molecule has 25 heavy (non-hydrogen) atoms. The molecule has 3 N–H and O–H groups in total. The molecule has 0 atom stereocenters. The van der Waals surface area contributed by atoms with Gasteiger partial charge in [-0.1, -0.05) is 44.2 Å². The van der Waals surface area contributed by atoms with E-state index in [1.54, 1.807) is 25.5 Å². The van der Waals surface area contributed by atoms with Crippen LogP contribution in [0.4, 0.5) is 5.69 Å². The van der Waals surface area contributed by atoms with Crippen LogP contribution in [0.3, 0.4) is 0 Å². The Morgan fingerprint density at radius 3 is 2.84 bits per heavy atom. The number of aromatic nitrogens is 1. The zero-order valence-electron chi connectivity index (χ0n) is 15.2. The SMILES string of the molecule is CC.CN=Cc1c(N)ccnc1Cc1cccc(C2=CCC=CN2)c1. The van der Waals surface area contributed by atoms with Gasteiger partial charge >= 0.3 is 0 Å². The van der Waals surface area contributed by atoms with Gasteiger partial charge in [-0.2, -0.15) is 0 Å². The molecule has 0 saturated carbocycles. The topological polar surface area (TPSA) is 63.3 Å². The maximum Gasteiger partial charge on any atom is 0.0555 e. The van der Waals surface area contributed by atoms with E-state index < -0.39 is 0 Å². The Labute approximate surface area is 150 Å². The summed E-state index contributed by atoms with van der Waals surface area (Å²) in [6, 6.07) is 10.3. The summed E-state index contributed by atoms with van der Waals surface area (Å²) in [7, 11) is 1.74. The summed E-state index contributed by atoms with van der Waals surface area (Å²) in [5.74, 6) is 0. The second-order valence-corrected chi connectivity index (χ2v) is 5.43. The third-order valence-corrected chi connectivity index (χ3v) is 3.79. The summed E-state index contributed by atoms with van der Waals surface area (Å²) < 4.78 is 0. The van der Waals surface area contributed by atoms with Gasteiger partial charge in [0.2, 0.25) is 0 Å². The fourth-order valence-electron chi connectivity index (χ4n) is 2.66. The number of nitrogens with one attached hydrogen (secondary N) is 1. The van der Waals surface area contributed by atoms with Gasteiger partial charge in [-0.15, -0.1) is 0 Å². The molecule has 0 bridgehead atoms. The fraction of sp³-hybridized carbons (Fsp3) is 0.238. The summed E-state index contributed by atoms with van der Waals surface area (Å²) in [5, 5.41) is 3.29. The molecule has 0 aliphatic carbocycles. The van der Waals surface area contributed by atoms with E-state index >= 15 is 0 Å². The highest BCUT2D eigenvalue weighted by Gasteiger charge is 2.08. The van der Waals surface area contributed by atoms with Crippen LogP contribution < -0.4 is 11.1 Å². The van der Waals surface area contributed by atoms with Crippen molar-refractivity contribution < 1.29 is 0 Å². The van der Waals surface area contributed by atoms with Gasteiger partial charge in [0.15, 0.2) is 0 Å². The van der Waals surface area contributed by atoms with Crippen LogP contribution in [0.5, 0.6) is 0 Å². The maximum absolute atomic E-state index is 6.05. The molecule has 1 aliphatic rings. The number of hydrogen-bond acceptors (Lipinski definition) is 4. The van der Waals surface area contributed by atoms with Gasteiger partial charge in [0.1, 0.15) is 0 Å². The molecule has 0 amide bonds. The van der Waals surface area contributed by atoms with Crippen molar-refractivity contribution in [3.05, 3.63) is 77.3 Å². The average molecular weight is 334 g/mol. The molecular weight excluding hydrogens is 308 g/mol. The van der Waals surface area contributed by atoms with Crippen LogP contribution in [0.1, 0.15) is 42.7 Å². The summed E-state index contributed by atoms with van der Waals surface area (Å²) >= 11 is 0. The van der Waals surface area contributed by atoms with E-state index in [1.807, 2.05) is 20.0 Å². The number of allylic oxidation sites excluding steroid dienone is 2. The average Bonchev–Trinajstić information content (AvgIpc) is 2.67. The number of nitrogens with zero attached hydrogens (tertiary/aromatic N) is 2. The first-order valence-corrected chi connectivity index (χ1v) is 8.64. The van der Waals surface area contributed by atoms with Crippen LogP contribution in [0, 0.1) is 0 Å². The maximum atomic E-state index is 6.05. The van der Waals surface area contributed by atoms with Gasteiger partial charge in [0, 0.05) is 42.8 Å². The lowest BCUT2D eigenvalue weighted by molar-refractivity contribution is 1.06. The largest absolute Gasteiger partial charge is 0.398 e. The number of pyridine rings is 1. The predicted octanol–water partition coefficient (Wildman–Crippen LogP) is 4.18. The quantitative estimate of drug-likeness (QED) is 0.825. The molecule has 4 heteroatoms. The summed E-state index contributed by atoms with van der Waals surface area (Å²) in [6.07, 6.45) is 11.5. The smallest absolute Gasteiger partial charge is 0.0555 e. The predicted molar refractivity (Wildman–Crippen MR) is 108 cm³/mol. The molecule has 0 unspecified atom stereocenters. The lowest BCUT2D eigenvalue weighted by atomic mass is 10.0. The molecule has 0 saturated heterocycles. The van der Waals surface area contributed by atoms with Crippen molar-refractivity contribution in [2.45, 2.75) is 26.7 Å².